The second-order valence-electron chi connectivity index (χ2n) is 11.3. The molecule has 11 nitrogen and oxygen atoms in total. The van der Waals surface area contributed by atoms with Crippen LogP contribution in [-0.2, 0) is 14.3 Å². The van der Waals surface area contributed by atoms with E-state index in [1.165, 1.54) is 6.20 Å². The van der Waals surface area contributed by atoms with Crippen LogP contribution in [0.2, 0.25) is 0 Å². The first-order valence-electron chi connectivity index (χ1n) is 13.2. The van der Waals surface area contributed by atoms with Crippen molar-refractivity contribution < 1.29 is 24.0 Å². The maximum atomic E-state index is 12.3. The highest BCUT2D eigenvalue weighted by Gasteiger charge is 2.29. The molecular formula is C26H41N5O6. The van der Waals surface area contributed by atoms with Crippen LogP contribution in [0.25, 0.3) is 0 Å². The molecule has 11 heteroatoms. The Morgan fingerprint density at radius 3 is 2.38 bits per heavy atom. The summed E-state index contributed by atoms with van der Waals surface area (Å²) < 4.78 is 11.5. The van der Waals surface area contributed by atoms with Gasteiger partial charge in [0.2, 0.25) is 11.8 Å². The maximum Gasteiger partial charge on any atom is 0.320 e. The fraction of sp³-hybridized carbons (Fsp3) is 0.731. The molecule has 0 bridgehead atoms. The zero-order chi connectivity index (χ0) is 27.2. The van der Waals surface area contributed by atoms with Crippen LogP contribution in [-0.4, -0.2) is 70.1 Å². The first-order chi connectivity index (χ1) is 17.4. The summed E-state index contributed by atoms with van der Waals surface area (Å²) in [7, 11) is 0. The van der Waals surface area contributed by atoms with Crippen molar-refractivity contribution in [3.63, 3.8) is 0 Å². The lowest BCUT2D eigenvalue weighted by Crippen LogP contribution is -2.42. The van der Waals surface area contributed by atoms with Crippen LogP contribution >= 0.6 is 0 Å². The molecule has 1 saturated carbocycles. The smallest absolute Gasteiger partial charge is 0.320 e. The Balaban J connectivity index is 1.53. The van der Waals surface area contributed by atoms with Crippen LogP contribution in [0, 0.1) is 16.0 Å². The van der Waals surface area contributed by atoms with Gasteiger partial charge in [0, 0.05) is 37.2 Å². The Morgan fingerprint density at radius 1 is 1.16 bits per heavy atom. The molecule has 206 valence electrons. The second-order valence-corrected chi connectivity index (χ2v) is 11.3. The van der Waals surface area contributed by atoms with E-state index < -0.39 is 10.5 Å². The molecule has 1 saturated heterocycles. The second kappa shape index (κ2) is 12.5. The molecule has 3 rings (SSSR count). The number of rotatable bonds is 9. The maximum absolute atomic E-state index is 12.3. The van der Waals surface area contributed by atoms with E-state index in [9.17, 15) is 19.7 Å². The molecule has 2 fully saturated rings. The van der Waals surface area contributed by atoms with Crippen molar-refractivity contribution in [2.24, 2.45) is 5.92 Å². The van der Waals surface area contributed by atoms with Crippen LogP contribution in [0.1, 0.15) is 73.1 Å². The molecule has 1 aliphatic heterocycles. The van der Waals surface area contributed by atoms with Gasteiger partial charge >= 0.3 is 11.7 Å². The third-order valence-corrected chi connectivity index (χ3v) is 6.54. The summed E-state index contributed by atoms with van der Waals surface area (Å²) in [5.74, 6) is 0.155. The zero-order valence-corrected chi connectivity index (χ0v) is 22.6. The monoisotopic (exact) mass is 519 g/mol. The standard InChI is InChI=1S/C26H41N5O6/c1-17(2)28-25(33)18-6-8-19(9-7-18)29-21-14-23(27-15-22(21)31(34)35)36-20-10-12-30(13-11-20)16-24(32)37-26(3,4)5/h14-15,17-20H,6-13,16H2,1-5H3,(H,27,29)(H,28,33). The molecule has 0 spiro atoms. The van der Waals surface area contributed by atoms with Crippen LogP contribution < -0.4 is 15.4 Å². The summed E-state index contributed by atoms with van der Waals surface area (Å²) in [5.41, 5.74) is -0.222. The van der Waals surface area contributed by atoms with E-state index in [-0.39, 0.29) is 48.2 Å². The molecule has 2 heterocycles. The number of hydrogen-bond acceptors (Lipinski definition) is 9. The molecular weight excluding hydrogens is 478 g/mol. The van der Waals surface area contributed by atoms with E-state index in [0.29, 0.717) is 37.5 Å². The van der Waals surface area contributed by atoms with Gasteiger partial charge in [-0.3, -0.25) is 24.6 Å². The molecule has 0 atom stereocenters. The number of ether oxygens (including phenoxy) is 2. The topological polar surface area (TPSA) is 136 Å². The van der Waals surface area contributed by atoms with Gasteiger partial charge in [-0.25, -0.2) is 4.98 Å². The Bertz CT molecular complexity index is 947. The highest BCUT2D eigenvalue weighted by molar-refractivity contribution is 5.79. The Morgan fingerprint density at radius 2 is 1.81 bits per heavy atom. The number of nitrogens with zero attached hydrogens (tertiary/aromatic N) is 3. The van der Waals surface area contributed by atoms with E-state index in [1.807, 2.05) is 39.5 Å². The first kappa shape index (κ1) is 28.6. The van der Waals surface area contributed by atoms with E-state index in [2.05, 4.69) is 15.6 Å². The minimum atomic E-state index is -0.506. The van der Waals surface area contributed by atoms with Crippen LogP contribution in [0.15, 0.2) is 12.3 Å². The molecule has 1 aromatic rings. The molecule has 0 aromatic carbocycles. The molecule has 2 N–H and O–H groups in total. The Labute approximate surface area is 218 Å². The zero-order valence-electron chi connectivity index (χ0n) is 22.6. The number of carbonyl (C=O) groups excluding carboxylic acids is 2. The lowest BCUT2D eigenvalue weighted by atomic mass is 9.85. The largest absolute Gasteiger partial charge is 0.474 e. The third kappa shape index (κ3) is 9.14. The van der Waals surface area contributed by atoms with Crippen LogP contribution in [0.3, 0.4) is 0 Å². The summed E-state index contributed by atoms with van der Waals surface area (Å²) in [6.07, 6.45) is 5.55. The molecule has 1 aromatic heterocycles. The SMILES string of the molecule is CC(C)NC(=O)C1CCC(Nc2cc(OC3CCN(CC(=O)OC(C)(C)C)CC3)ncc2[N+](=O)[O-])CC1. The summed E-state index contributed by atoms with van der Waals surface area (Å²) >= 11 is 0. The summed E-state index contributed by atoms with van der Waals surface area (Å²) in [6, 6.07) is 1.74. The lowest BCUT2D eigenvalue weighted by Gasteiger charge is -2.32. The number of piperidine rings is 1. The number of aromatic nitrogens is 1. The fourth-order valence-corrected chi connectivity index (χ4v) is 4.79. The highest BCUT2D eigenvalue weighted by Crippen LogP contribution is 2.32. The normalized spacial score (nSPS) is 21.4. The minimum absolute atomic E-state index is 0.0204. The van der Waals surface area contributed by atoms with Gasteiger partial charge in [0.25, 0.3) is 0 Å². The number of likely N-dealkylation sites (tertiary alicyclic amines) is 1. The molecule has 1 amide bonds. The predicted molar refractivity (Wildman–Crippen MR) is 139 cm³/mol. The number of nitro groups is 1. The number of anilines is 1. The lowest BCUT2D eigenvalue weighted by molar-refractivity contribution is -0.384. The van der Waals surface area contributed by atoms with E-state index in [0.717, 1.165) is 25.7 Å². The molecule has 0 radical (unpaired) electrons. The van der Waals surface area contributed by atoms with Gasteiger partial charge in [0.15, 0.2) is 0 Å². The number of nitrogens with one attached hydrogen (secondary N) is 2. The van der Waals surface area contributed by atoms with Gasteiger partial charge < -0.3 is 20.1 Å². The average Bonchev–Trinajstić information content (AvgIpc) is 2.79. The third-order valence-electron chi connectivity index (χ3n) is 6.54. The quantitative estimate of drug-likeness (QED) is 0.284. The first-order valence-corrected chi connectivity index (χ1v) is 13.2. The van der Waals surface area contributed by atoms with E-state index in [4.69, 9.17) is 9.47 Å². The molecule has 1 aliphatic carbocycles. The van der Waals surface area contributed by atoms with Gasteiger partial charge in [0.05, 0.1) is 11.5 Å². The van der Waals surface area contributed by atoms with Gasteiger partial charge in [-0.2, -0.15) is 0 Å². The highest BCUT2D eigenvalue weighted by atomic mass is 16.6. The number of pyridine rings is 1. The van der Waals surface area contributed by atoms with Crippen molar-refractivity contribution in [2.75, 3.05) is 25.0 Å². The number of carbonyl (C=O) groups is 2. The summed E-state index contributed by atoms with van der Waals surface area (Å²) in [5, 5.41) is 17.9. The molecule has 2 aliphatic rings. The number of esters is 1. The fourth-order valence-electron chi connectivity index (χ4n) is 4.79. The Hall–Kier alpha value is -2.95. The summed E-state index contributed by atoms with van der Waals surface area (Å²) in [4.78, 5) is 41.8. The molecule has 37 heavy (non-hydrogen) atoms. The van der Waals surface area contributed by atoms with Gasteiger partial charge in [-0.1, -0.05) is 0 Å². The average molecular weight is 520 g/mol. The van der Waals surface area contributed by atoms with Crippen LogP contribution in [0.5, 0.6) is 5.88 Å². The Kier molecular flexibility index (Phi) is 9.69. The summed E-state index contributed by atoms with van der Waals surface area (Å²) in [6.45, 7) is 11.1. The van der Waals surface area contributed by atoms with E-state index >= 15 is 0 Å². The van der Waals surface area contributed by atoms with Crippen LogP contribution in [0.4, 0.5) is 11.4 Å². The number of amides is 1. The van der Waals surface area contributed by atoms with Gasteiger partial charge in [0.1, 0.15) is 23.6 Å². The van der Waals surface area contributed by atoms with Crippen molar-refractivity contribution in [1.82, 2.24) is 15.2 Å². The predicted octanol–water partition coefficient (Wildman–Crippen LogP) is 3.67. The van der Waals surface area contributed by atoms with Crippen molar-refractivity contribution in [3.05, 3.63) is 22.4 Å². The molecule has 0 unspecified atom stereocenters. The minimum Gasteiger partial charge on any atom is -0.474 e. The van der Waals surface area contributed by atoms with Gasteiger partial charge in [-0.15, -0.1) is 0 Å². The van der Waals surface area contributed by atoms with Crippen molar-refractivity contribution in [3.8, 4) is 5.88 Å². The number of hydrogen-bond donors (Lipinski definition) is 2. The van der Waals surface area contributed by atoms with Crippen molar-refractivity contribution >= 4 is 23.3 Å². The van der Waals surface area contributed by atoms with Crippen molar-refractivity contribution in [2.45, 2.75) is 96.9 Å². The van der Waals surface area contributed by atoms with Crippen molar-refractivity contribution in [1.29, 1.82) is 0 Å². The van der Waals surface area contributed by atoms with E-state index in [1.54, 1.807) is 6.07 Å². The van der Waals surface area contributed by atoms with Gasteiger partial charge in [-0.05, 0) is 73.1 Å².